The number of rotatable bonds is 5. The lowest BCUT2D eigenvalue weighted by molar-refractivity contribution is 0.314. The molecule has 1 aromatic heterocycles. The Morgan fingerprint density at radius 2 is 2.33 bits per heavy atom. The van der Waals surface area contributed by atoms with Crippen LogP contribution >= 0.6 is 27.3 Å². The monoisotopic (exact) mass is 353 g/mol. The molecule has 0 saturated heterocycles. The number of nitrogens with one attached hydrogen (secondary N) is 1. The number of halogens is 1. The lowest BCUT2D eigenvalue weighted by Crippen LogP contribution is -2.45. The molecule has 0 radical (unpaired) electrons. The molecule has 6 nitrogen and oxygen atoms in total. The predicted octanol–water partition coefficient (Wildman–Crippen LogP) is 1.31. The first-order valence-electron chi connectivity index (χ1n) is 5.18. The first-order valence-corrected chi connectivity index (χ1v) is 8.34. The lowest BCUT2D eigenvalue weighted by Gasteiger charge is -2.16. The molecular weight excluding hydrogens is 342 g/mol. The van der Waals surface area contributed by atoms with E-state index in [-0.39, 0.29) is 16.0 Å². The Balaban J connectivity index is 2.24. The Bertz CT molecular complexity index is 565. The van der Waals surface area contributed by atoms with E-state index in [4.69, 9.17) is 10.9 Å². The second-order valence-electron chi connectivity index (χ2n) is 4.02. The summed E-state index contributed by atoms with van der Waals surface area (Å²) in [6, 6.07) is 1.02. The molecule has 1 aliphatic rings. The molecule has 0 aliphatic heterocycles. The van der Waals surface area contributed by atoms with Crippen LogP contribution in [-0.4, -0.2) is 25.5 Å². The van der Waals surface area contributed by atoms with Crippen molar-refractivity contribution in [3.63, 3.8) is 0 Å². The van der Waals surface area contributed by atoms with Crippen LogP contribution in [0.4, 0.5) is 0 Å². The number of sulfonamides is 1. The summed E-state index contributed by atoms with van der Waals surface area (Å²) >= 11 is 4.29. The highest BCUT2D eigenvalue weighted by Gasteiger charge is 2.37. The molecule has 1 atom stereocenters. The summed E-state index contributed by atoms with van der Waals surface area (Å²) in [6.07, 6.45) is 1.74. The Labute approximate surface area is 117 Å². The molecule has 1 aliphatic carbocycles. The van der Waals surface area contributed by atoms with Gasteiger partial charge in [-0.2, -0.15) is 4.72 Å². The maximum Gasteiger partial charge on any atom is 0.251 e. The van der Waals surface area contributed by atoms with Crippen molar-refractivity contribution in [2.45, 2.75) is 23.1 Å². The van der Waals surface area contributed by atoms with Gasteiger partial charge in [-0.15, -0.1) is 11.3 Å². The molecule has 100 valence electrons. The van der Waals surface area contributed by atoms with Gasteiger partial charge in [0.25, 0.3) is 10.0 Å². The van der Waals surface area contributed by atoms with E-state index in [2.05, 4.69) is 25.8 Å². The highest BCUT2D eigenvalue weighted by atomic mass is 79.9. The van der Waals surface area contributed by atoms with Crippen molar-refractivity contribution in [3.05, 3.63) is 15.9 Å². The summed E-state index contributed by atoms with van der Waals surface area (Å²) in [5.41, 5.74) is 5.52. The van der Waals surface area contributed by atoms with Crippen molar-refractivity contribution in [1.29, 1.82) is 0 Å². The fraction of sp³-hybridized carbons (Fsp3) is 0.444. The Morgan fingerprint density at radius 1 is 1.67 bits per heavy atom. The third kappa shape index (κ3) is 2.85. The third-order valence-corrected chi connectivity index (χ3v) is 6.75. The zero-order valence-corrected chi connectivity index (χ0v) is 12.4. The SMILES string of the molecule is NC(=NO)C(NS(=O)(=O)c1sccc1Br)C1CC1. The zero-order valence-electron chi connectivity index (χ0n) is 9.21. The fourth-order valence-corrected chi connectivity index (χ4v) is 5.21. The average Bonchev–Trinajstić information content (AvgIpc) is 3.07. The molecule has 1 aromatic rings. The van der Waals surface area contributed by atoms with Gasteiger partial charge < -0.3 is 10.9 Å². The van der Waals surface area contributed by atoms with Gasteiger partial charge in [0.15, 0.2) is 5.84 Å². The van der Waals surface area contributed by atoms with Crippen molar-refractivity contribution >= 4 is 43.1 Å². The molecule has 0 aromatic carbocycles. The standard InChI is InChI=1S/C9H12BrN3O3S2/c10-6-3-4-17-9(6)18(15,16)13-7(5-1-2-5)8(11)12-14/h3-5,7,13-14H,1-2H2,(H2,11,12). The normalized spacial score (nSPS) is 18.8. The maximum absolute atomic E-state index is 12.2. The van der Waals surface area contributed by atoms with Crippen molar-refractivity contribution < 1.29 is 13.6 Å². The van der Waals surface area contributed by atoms with Crippen LogP contribution in [0.3, 0.4) is 0 Å². The Kier molecular flexibility index (Phi) is 3.95. The van der Waals surface area contributed by atoms with E-state index in [1.807, 2.05) is 0 Å². The molecule has 1 saturated carbocycles. The molecule has 1 unspecified atom stereocenters. The van der Waals surface area contributed by atoms with Gasteiger partial charge in [0.1, 0.15) is 4.21 Å². The van der Waals surface area contributed by atoms with E-state index in [1.54, 1.807) is 11.4 Å². The number of thiophene rings is 1. The predicted molar refractivity (Wildman–Crippen MR) is 72.3 cm³/mol. The van der Waals surface area contributed by atoms with E-state index in [1.165, 1.54) is 0 Å². The lowest BCUT2D eigenvalue weighted by atomic mass is 10.2. The first-order chi connectivity index (χ1) is 8.45. The zero-order chi connectivity index (χ0) is 13.3. The number of hydrogen-bond acceptors (Lipinski definition) is 5. The van der Waals surface area contributed by atoms with Crippen molar-refractivity contribution in [1.82, 2.24) is 4.72 Å². The molecule has 1 fully saturated rings. The van der Waals surface area contributed by atoms with Crippen molar-refractivity contribution in [2.24, 2.45) is 16.8 Å². The average molecular weight is 354 g/mol. The van der Waals surface area contributed by atoms with Crippen LogP contribution in [0.15, 0.2) is 25.3 Å². The highest BCUT2D eigenvalue weighted by molar-refractivity contribution is 9.10. The van der Waals surface area contributed by atoms with Crippen LogP contribution in [0.1, 0.15) is 12.8 Å². The van der Waals surface area contributed by atoms with Gasteiger partial charge in [0.05, 0.1) is 6.04 Å². The maximum atomic E-state index is 12.2. The second-order valence-corrected chi connectivity index (χ2v) is 7.70. The number of nitrogens with two attached hydrogens (primary N) is 1. The summed E-state index contributed by atoms with van der Waals surface area (Å²) < 4.78 is 27.5. The number of nitrogens with zero attached hydrogens (tertiary/aromatic N) is 1. The summed E-state index contributed by atoms with van der Waals surface area (Å²) in [7, 11) is -3.66. The van der Waals surface area contributed by atoms with Gasteiger partial charge in [-0.25, -0.2) is 8.42 Å². The largest absolute Gasteiger partial charge is 0.409 e. The van der Waals surface area contributed by atoms with Crippen molar-refractivity contribution in [2.75, 3.05) is 0 Å². The topological polar surface area (TPSA) is 105 Å². The Hall–Kier alpha value is -0.640. The van der Waals surface area contributed by atoms with Crippen molar-refractivity contribution in [3.8, 4) is 0 Å². The summed E-state index contributed by atoms with van der Waals surface area (Å²) in [5, 5.41) is 13.3. The summed E-state index contributed by atoms with van der Waals surface area (Å²) in [6.45, 7) is 0. The van der Waals surface area contributed by atoms with Gasteiger partial charge in [0.2, 0.25) is 0 Å². The third-order valence-electron chi connectivity index (χ3n) is 2.64. The van der Waals surface area contributed by atoms with Gasteiger partial charge >= 0.3 is 0 Å². The molecule has 1 heterocycles. The van der Waals surface area contributed by atoms with Crippen LogP contribution in [0.5, 0.6) is 0 Å². The number of oxime groups is 1. The molecule has 18 heavy (non-hydrogen) atoms. The van der Waals surface area contributed by atoms with Crippen LogP contribution < -0.4 is 10.5 Å². The summed E-state index contributed by atoms with van der Waals surface area (Å²) in [4.78, 5) is 0. The van der Waals surface area contributed by atoms with Crippen LogP contribution in [0, 0.1) is 5.92 Å². The van der Waals surface area contributed by atoms with E-state index >= 15 is 0 Å². The second kappa shape index (κ2) is 5.16. The molecular formula is C9H12BrN3O3S2. The van der Waals surface area contributed by atoms with Gasteiger partial charge in [-0.05, 0) is 46.1 Å². The van der Waals surface area contributed by atoms with Crippen LogP contribution in [0.2, 0.25) is 0 Å². The van der Waals surface area contributed by atoms with Crippen LogP contribution in [0.25, 0.3) is 0 Å². The fourth-order valence-electron chi connectivity index (χ4n) is 1.58. The molecule has 2 rings (SSSR count). The quantitative estimate of drug-likeness (QED) is 0.321. The Morgan fingerprint density at radius 3 is 2.78 bits per heavy atom. The number of amidine groups is 1. The first kappa shape index (κ1) is 13.8. The minimum atomic E-state index is -3.66. The van der Waals surface area contributed by atoms with Crippen LogP contribution in [-0.2, 0) is 10.0 Å². The molecule has 0 bridgehead atoms. The van der Waals surface area contributed by atoms with Gasteiger partial charge in [-0.1, -0.05) is 5.16 Å². The molecule has 0 spiro atoms. The van der Waals surface area contributed by atoms with Gasteiger partial charge in [0, 0.05) is 4.47 Å². The van der Waals surface area contributed by atoms with E-state index in [0.717, 1.165) is 24.2 Å². The smallest absolute Gasteiger partial charge is 0.251 e. The summed E-state index contributed by atoms with van der Waals surface area (Å²) in [5.74, 6) is 0.00293. The minimum absolute atomic E-state index is 0.103. The van der Waals surface area contributed by atoms with E-state index in [0.29, 0.717) is 4.47 Å². The highest BCUT2D eigenvalue weighted by Crippen LogP contribution is 2.34. The molecule has 9 heteroatoms. The molecule has 4 N–H and O–H groups in total. The minimum Gasteiger partial charge on any atom is -0.409 e. The van der Waals surface area contributed by atoms with Gasteiger partial charge in [-0.3, -0.25) is 0 Å². The molecule has 0 amide bonds. The number of hydrogen-bond donors (Lipinski definition) is 3. The van der Waals surface area contributed by atoms with E-state index in [9.17, 15) is 8.42 Å². The van der Waals surface area contributed by atoms with E-state index < -0.39 is 16.1 Å².